The molecule has 2 aromatic heterocycles. The van der Waals surface area contributed by atoms with Crippen LogP contribution in [0, 0.1) is 5.82 Å². The number of rotatable bonds is 4. The summed E-state index contributed by atoms with van der Waals surface area (Å²) in [6.07, 6.45) is 4.23. The van der Waals surface area contributed by atoms with Gasteiger partial charge in [0.05, 0.1) is 5.69 Å². The molecule has 2 heterocycles. The van der Waals surface area contributed by atoms with Gasteiger partial charge in [0.2, 0.25) is 0 Å². The van der Waals surface area contributed by atoms with E-state index in [1.807, 2.05) is 29.9 Å². The lowest BCUT2D eigenvalue weighted by molar-refractivity contribution is 0.221. The molecule has 0 spiro atoms. The average Bonchev–Trinajstić information content (AvgIpc) is 3.05. The number of hydrogen-bond acceptors (Lipinski definition) is 2. The molecule has 0 aliphatic rings. The lowest BCUT2D eigenvalue weighted by Crippen LogP contribution is -2.04. The van der Waals surface area contributed by atoms with Crippen molar-refractivity contribution in [3.05, 3.63) is 100 Å². The molecule has 0 aliphatic heterocycles. The number of benzene rings is 2. The number of hydrogen-bond donors (Lipinski definition) is 1. The monoisotopic (exact) mass is 426 g/mol. The molecule has 0 radical (unpaired) electrons. The van der Waals surface area contributed by atoms with Gasteiger partial charge in [0.1, 0.15) is 11.9 Å². The summed E-state index contributed by atoms with van der Waals surface area (Å²) in [6.45, 7) is 0. The summed E-state index contributed by atoms with van der Waals surface area (Å²) in [6, 6.07) is 15.0. The normalized spacial score (nSPS) is 12.2. The number of aliphatic hydroxyl groups excluding tert-OH is 1. The third-order valence-corrected chi connectivity index (χ3v) is 5.38. The van der Waals surface area contributed by atoms with Crippen LogP contribution in [0.3, 0.4) is 0 Å². The van der Waals surface area contributed by atoms with Crippen molar-refractivity contribution >= 4 is 23.2 Å². The minimum absolute atomic E-state index is 0.321. The van der Waals surface area contributed by atoms with Crippen LogP contribution in [0.15, 0.2) is 73.2 Å². The third kappa shape index (κ3) is 3.79. The molecule has 4 rings (SSSR count). The minimum Gasteiger partial charge on any atom is -0.383 e. The quantitative estimate of drug-likeness (QED) is 0.416. The van der Waals surface area contributed by atoms with Crippen LogP contribution >= 0.6 is 23.2 Å². The molecule has 4 aromatic rings. The number of aryl methyl sites for hydroxylation is 1. The van der Waals surface area contributed by atoms with Gasteiger partial charge >= 0.3 is 0 Å². The molecule has 1 N–H and O–H groups in total. The molecule has 0 saturated heterocycles. The van der Waals surface area contributed by atoms with Crippen molar-refractivity contribution in [2.45, 2.75) is 6.10 Å². The summed E-state index contributed by atoms with van der Waals surface area (Å²) < 4.78 is 15.4. The molecule has 1 atom stereocenters. The van der Waals surface area contributed by atoms with Crippen molar-refractivity contribution in [2.24, 2.45) is 7.05 Å². The Bertz CT molecular complexity index is 1160. The van der Waals surface area contributed by atoms with Crippen LogP contribution in [0.2, 0.25) is 10.0 Å². The minimum atomic E-state index is -0.952. The number of aromatic nitrogens is 2. The fourth-order valence-corrected chi connectivity index (χ4v) is 4.03. The Labute approximate surface area is 178 Å². The maximum atomic E-state index is 13.5. The van der Waals surface area contributed by atoms with E-state index in [1.54, 1.807) is 42.7 Å². The second kappa shape index (κ2) is 7.99. The largest absolute Gasteiger partial charge is 0.383 e. The van der Waals surface area contributed by atoms with E-state index < -0.39 is 6.10 Å². The first-order chi connectivity index (χ1) is 14.0. The summed E-state index contributed by atoms with van der Waals surface area (Å²) in [5.74, 6) is -0.321. The zero-order valence-electron chi connectivity index (χ0n) is 15.5. The second-order valence-electron chi connectivity index (χ2n) is 6.74. The highest BCUT2D eigenvalue weighted by Gasteiger charge is 2.25. The summed E-state index contributed by atoms with van der Waals surface area (Å²) in [5, 5.41) is 12.3. The highest BCUT2D eigenvalue weighted by molar-refractivity contribution is 6.36. The van der Waals surface area contributed by atoms with Crippen LogP contribution in [0.4, 0.5) is 4.39 Å². The molecular weight excluding hydrogens is 410 g/mol. The van der Waals surface area contributed by atoms with Gasteiger partial charge in [-0.25, -0.2) is 4.39 Å². The molecule has 0 bridgehead atoms. The van der Waals surface area contributed by atoms with Crippen LogP contribution in [0.5, 0.6) is 0 Å². The van der Waals surface area contributed by atoms with Gasteiger partial charge in [-0.3, -0.25) is 4.98 Å². The van der Waals surface area contributed by atoms with Gasteiger partial charge < -0.3 is 9.67 Å². The number of pyridine rings is 1. The molecule has 3 nitrogen and oxygen atoms in total. The van der Waals surface area contributed by atoms with Crippen molar-refractivity contribution in [1.29, 1.82) is 0 Å². The fourth-order valence-electron chi connectivity index (χ4n) is 3.52. The van der Waals surface area contributed by atoms with Crippen molar-refractivity contribution < 1.29 is 9.50 Å². The van der Waals surface area contributed by atoms with Gasteiger partial charge in [0.25, 0.3) is 0 Å². The SMILES string of the molecule is Cn1cc(-c2ccc(Cl)cc2Cl)c(C(O)c2cccnc2)c1-c1ccc(F)cc1. The first-order valence-corrected chi connectivity index (χ1v) is 9.70. The lowest BCUT2D eigenvalue weighted by atomic mass is 9.93. The summed E-state index contributed by atoms with van der Waals surface area (Å²) in [7, 11) is 1.88. The van der Waals surface area contributed by atoms with E-state index in [0.717, 1.165) is 22.4 Å². The zero-order valence-corrected chi connectivity index (χ0v) is 17.0. The molecule has 0 aliphatic carbocycles. The van der Waals surface area contributed by atoms with Crippen molar-refractivity contribution in [3.63, 3.8) is 0 Å². The Morgan fingerprint density at radius 3 is 2.45 bits per heavy atom. The average molecular weight is 427 g/mol. The Morgan fingerprint density at radius 1 is 1.03 bits per heavy atom. The van der Waals surface area contributed by atoms with Crippen LogP contribution in [-0.2, 0) is 7.05 Å². The predicted octanol–water partition coefficient (Wildman–Crippen LogP) is 6.28. The standard InChI is InChI=1S/C23H17Cl2FN2O/c1-28-13-19(18-9-6-16(24)11-20(18)25)21(23(29)15-3-2-10-27-12-15)22(28)14-4-7-17(26)8-5-14/h2-13,23,29H,1H3. The van der Waals surface area contributed by atoms with E-state index >= 15 is 0 Å². The molecule has 0 fully saturated rings. The van der Waals surface area contributed by atoms with E-state index in [0.29, 0.717) is 21.2 Å². The Morgan fingerprint density at radius 2 is 1.79 bits per heavy atom. The smallest absolute Gasteiger partial charge is 0.123 e. The van der Waals surface area contributed by atoms with E-state index in [9.17, 15) is 9.50 Å². The van der Waals surface area contributed by atoms with Gasteiger partial charge in [-0.05, 0) is 48.0 Å². The van der Waals surface area contributed by atoms with Gasteiger partial charge in [0.15, 0.2) is 0 Å². The molecule has 1 unspecified atom stereocenters. The molecule has 0 amide bonds. The maximum absolute atomic E-state index is 13.5. The number of nitrogens with zero attached hydrogens (tertiary/aromatic N) is 2. The van der Waals surface area contributed by atoms with E-state index in [4.69, 9.17) is 23.2 Å². The van der Waals surface area contributed by atoms with Crippen molar-refractivity contribution in [1.82, 2.24) is 9.55 Å². The maximum Gasteiger partial charge on any atom is 0.123 e. The second-order valence-corrected chi connectivity index (χ2v) is 7.58. The molecule has 0 saturated carbocycles. The van der Waals surface area contributed by atoms with Gasteiger partial charge in [-0.2, -0.15) is 0 Å². The summed E-state index contributed by atoms with van der Waals surface area (Å²) in [5.41, 5.74) is 4.37. The molecule has 29 heavy (non-hydrogen) atoms. The fraction of sp³-hybridized carbons (Fsp3) is 0.0870. The molecule has 146 valence electrons. The van der Waals surface area contributed by atoms with E-state index in [2.05, 4.69) is 4.98 Å². The van der Waals surface area contributed by atoms with Gasteiger partial charge in [-0.15, -0.1) is 0 Å². The van der Waals surface area contributed by atoms with E-state index in [-0.39, 0.29) is 5.82 Å². The molecule has 6 heteroatoms. The van der Waals surface area contributed by atoms with Crippen LogP contribution in [0.1, 0.15) is 17.2 Å². The van der Waals surface area contributed by atoms with Crippen molar-refractivity contribution in [3.8, 4) is 22.4 Å². The van der Waals surface area contributed by atoms with Crippen LogP contribution in [-0.4, -0.2) is 14.7 Å². The first-order valence-electron chi connectivity index (χ1n) is 8.94. The summed E-state index contributed by atoms with van der Waals surface area (Å²) in [4.78, 5) is 4.12. The predicted molar refractivity (Wildman–Crippen MR) is 115 cm³/mol. The van der Waals surface area contributed by atoms with Crippen LogP contribution in [0.25, 0.3) is 22.4 Å². The topological polar surface area (TPSA) is 38.0 Å². The Kier molecular flexibility index (Phi) is 5.41. The van der Waals surface area contributed by atoms with Crippen molar-refractivity contribution in [2.75, 3.05) is 0 Å². The Balaban J connectivity index is 1.99. The van der Waals surface area contributed by atoms with Gasteiger partial charge in [-0.1, -0.05) is 35.3 Å². The van der Waals surface area contributed by atoms with Gasteiger partial charge in [0, 0.05) is 57.9 Å². The Hall–Kier alpha value is -2.66. The first kappa shape index (κ1) is 19.6. The highest BCUT2D eigenvalue weighted by atomic mass is 35.5. The van der Waals surface area contributed by atoms with Crippen LogP contribution < -0.4 is 0 Å². The zero-order chi connectivity index (χ0) is 20.5. The number of halogens is 3. The summed E-state index contributed by atoms with van der Waals surface area (Å²) >= 11 is 12.5. The molecule has 2 aromatic carbocycles. The lowest BCUT2D eigenvalue weighted by Gasteiger charge is -2.17. The third-order valence-electron chi connectivity index (χ3n) is 4.83. The highest BCUT2D eigenvalue weighted by Crippen LogP contribution is 2.42. The molecular formula is C23H17Cl2FN2O. The number of aliphatic hydroxyl groups is 1. The van der Waals surface area contributed by atoms with E-state index in [1.165, 1.54) is 12.1 Å².